The first-order chi connectivity index (χ1) is 8.55. The third-order valence-corrected chi connectivity index (χ3v) is 4.47. The van der Waals surface area contributed by atoms with Gasteiger partial charge in [0, 0.05) is 22.0 Å². The zero-order chi connectivity index (χ0) is 13.3. The summed E-state index contributed by atoms with van der Waals surface area (Å²) in [5, 5.41) is 9.67. The van der Waals surface area contributed by atoms with Gasteiger partial charge in [-0.1, -0.05) is 28.8 Å². The maximum atomic E-state index is 14.5. The second-order valence-electron chi connectivity index (χ2n) is 4.79. The van der Waals surface area contributed by atoms with Crippen LogP contribution in [0.1, 0.15) is 31.2 Å². The monoisotopic (exact) mass is 317 g/mol. The quantitative estimate of drug-likeness (QED) is 0.900. The topological polar surface area (TPSA) is 55.5 Å². The molecule has 2 rings (SSSR count). The smallest absolute Gasteiger partial charge is 0.196 e. The van der Waals surface area contributed by atoms with Gasteiger partial charge in [0.05, 0.1) is 7.11 Å². The maximum absolute atomic E-state index is 14.5. The van der Waals surface area contributed by atoms with Crippen LogP contribution in [-0.4, -0.2) is 18.8 Å². The molecule has 0 atom stereocenters. The lowest BCUT2D eigenvalue weighted by molar-refractivity contribution is 0.338. The summed E-state index contributed by atoms with van der Waals surface area (Å²) in [6.45, 7) is 0.399. The number of hydrogen-bond donors (Lipinski definition) is 2. The Balaban J connectivity index is 2.63. The van der Waals surface area contributed by atoms with Gasteiger partial charge in [-0.15, -0.1) is 0 Å². The van der Waals surface area contributed by atoms with Crippen molar-refractivity contribution in [2.45, 2.75) is 31.1 Å². The molecule has 0 aliphatic heterocycles. The predicted octanol–water partition coefficient (Wildman–Crippen LogP) is 3.07. The molecule has 5 heteroatoms. The van der Waals surface area contributed by atoms with Gasteiger partial charge >= 0.3 is 0 Å². The van der Waals surface area contributed by atoms with Gasteiger partial charge in [0.1, 0.15) is 0 Å². The minimum Gasteiger partial charge on any atom is -0.504 e. The molecule has 0 bridgehead atoms. The van der Waals surface area contributed by atoms with Crippen molar-refractivity contribution in [1.29, 1.82) is 0 Å². The number of ether oxygens (including phenoxy) is 1. The van der Waals surface area contributed by atoms with Crippen molar-refractivity contribution in [2.75, 3.05) is 13.7 Å². The summed E-state index contributed by atoms with van der Waals surface area (Å²) in [7, 11) is 1.35. The predicted molar refractivity (Wildman–Crippen MR) is 71.5 cm³/mol. The average Bonchev–Trinajstić information content (AvgIpc) is 2.78. The molecule has 0 aromatic heterocycles. The van der Waals surface area contributed by atoms with Crippen molar-refractivity contribution in [2.24, 2.45) is 5.73 Å². The molecule has 1 aliphatic rings. The van der Waals surface area contributed by atoms with Crippen molar-refractivity contribution >= 4 is 15.9 Å². The SMILES string of the molecule is COc1c(O)cc(Br)c(C2(CN)CCCC2)c1F. The van der Waals surface area contributed by atoms with Gasteiger partial charge in [0.25, 0.3) is 0 Å². The third kappa shape index (κ3) is 1.99. The van der Waals surface area contributed by atoms with Crippen molar-refractivity contribution in [1.82, 2.24) is 0 Å². The van der Waals surface area contributed by atoms with Gasteiger partial charge in [0.15, 0.2) is 17.3 Å². The fraction of sp³-hybridized carbons (Fsp3) is 0.538. The van der Waals surface area contributed by atoms with E-state index in [0.717, 1.165) is 25.7 Å². The first kappa shape index (κ1) is 13.6. The Bertz CT molecular complexity index is 459. The van der Waals surface area contributed by atoms with E-state index in [-0.39, 0.29) is 16.9 Å². The van der Waals surface area contributed by atoms with E-state index in [2.05, 4.69) is 15.9 Å². The standard InChI is InChI=1S/C13H17BrFNO2/c1-18-12-9(17)6-8(14)10(11(12)15)13(7-16)4-2-3-5-13/h6,17H,2-5,7,16H2,1H3. The molecular weight excluding hydrogens is 301 g/mol. The van der Waals surface area contributed by atoms with Crippen LogP contribution >= 0.6 is 15.9 Å². The number of aromatic hydroxyl groups is 1. The van der Waals surface area contributed by atoms with Crippen LogP contribution in [0.5, 0.6) is 11.5 Å². The fourth-order valence-electron chi connectivity index (χ4n) is 2.88. The van der Waals surface area contributed by atoms with E-state index in [0.29, 0.717) is 16.6 Å². The van der Waals surface area contributed by atoms with Crippen molar-refractivity contribution < 1.29 is 14.2 Å². The Labute approximate surface area is 114 Å². The summed E-state index contributed by atoms with van der Waals surface area (Å²) in [4.78, 5) is 0. The van der Waals surface area contributed by atoms with Gasteiger partial charge < -0.3 is 15.6 Å². The molecule has 1 aromatic rings. The number of benzene rings is 1. The lowest BCUT2D eigenvalue weighted by Gasteiger charge is -2.30. The molecule has 0 heterocycles. The Morgan fingerprint density at radius 2 is 2.11 bits per heavy atom. The second kappa shape index (κ2) is 5.05. The highest BCUT2D eigenvalue weighted by molar-refractivity contribution is 9.10. The highest BCUT2D eigenvalue weighted by Crippen LogP contribution is 2.48. The fourth-order valence-corrected chi connectivity index (χ4v) is 3.69. The summed E-state index contributed by atoms with van der Waals surface area (Å²) in [6.07, 6.45) is 3.83. The molecule has 18 heavy (non-hydrogen) atoms. The lowest BCUT2D eigenvalue weighted by Crippen LogP contribution is -2.33. The number of nitrogens with two attached hydrogens (primary N) is 1. The van der Waals surface area contributed by atoms with E-state index in [9.17, 15) is 9.50 Å². The van der Waals surface area contributed by atoms with Crippen LogP contribution in [0.25, 0.3) is 0 Å². The molecule has 3 nitrogen and oxygen atoms in total. The minimum atomic E-state index is -0.503. The lowest BCUT2D eigenvalue weighted by atomic mass is 9.78. The molecule has 0 unspecified atom stereocenters. The molecular formula is C13H17BrFNO2. The van der Waals surface area contributed by atoms with Crippen LogP contribution in [0.15, 0.2) is 10.5 Å². The van der Waals surface area contributed by atoms with Gasteiger partial charge in [0.2, 0.25) is 0 Å². The second-order valence-corrected chi connectivity index (χ2v) is 5.65. The van der Waals surface area contributed by atoms with Crippen molar-refractivity contribution in [3.05, 3.63) is 21.9 Å². The molecule has 1 aromatic carbocycles. The van der Waals surface area contributed by atoms with Crippen LogP contribution in [0, 0.1) is 5.82 Å². The summed E-state index contributed by atoms with van der Waals surface area (Å²) >= 11 is 3.34. The third-order valence-electron chi connectivity index (χ3n) is 3.84. The molecule has 0 radical (unpaired) electrons. The van der Waals surface area contributed by atoms with E-state index in [1.165, 1.54) is 13.2 Å². The highest BCUT2D eigenvalue weighted by atomic mass is 79.9. The van der Waals surface area contributed by atoms with Crippen LogP contribution in [-0.2, 0) is 5.41 Å². The number of rotatable bonds is 3. The van der Waals surface area contributed by atoms with Crippen LogP contribution < -0.4 is 10.5 Å². The highest BCUT2D eigenvalue weighted by Gasteiger charge is 2.39. The molecule has 0 amide bonds. The zero-order valence-electron chi connectivity index (χ0n) is 10.3. The Kier molecular flexibility index (Phi) is 3.82. The van der Waals surface area contributed by atoms with Crippen LogP contribution in [0.3, 0.4) is 0 Å². The summed E-state index contributed by atoms with van der Waals surface area (Å²) in [5.74, 6) is -0.805. The number of halogens is 2. The molecule has 100 valence electrons. The Hall–Kier alpha value is -0.810. The Morgan fingerprint density at radius 3 is 2.61 bits per heavy atom. The van der Waals surface area contributed by atoms with Gasteiger partial charge in [-0.2, -0.15) is 0 Å². The number of methoxy groups -OCH3 is 1. The van der Waals surface area contributed by atoms with Gasteiger partial charge in [-0.05, 0) is 18.9 Å². The van der Waals surface area contributed by atoms with E-state index in [4.69, 9.17) is 10.5 Å². The van der Waals surface area contributed by atoms with E-state index in [1.807, 2.05) is 0 Å². The van der Waals surface area contributed by atoms with E-state index in [1.54, 1.807) is 0 Å². The molecule has 1 saturated carbocycles. The number of phenols is 1. The molecule has 1 fully saturated rings. The molecule has 0 saturated heterocycles. The molecule has 1 aliphatic carbocycles. The summed E-state index contributed by atoms with van der Waals surface area (Å²) in [6, 6.07) is 1.48. The maximum Gasteiger partial charge on any atom is 0.196 e. The average molecular weight is 318 g/mol. The van der Waals surface area contributed by atoms with E-state index < -0.39 is 5.82 Å². The Morgan fingerprint density at radius 1 is 1.50 bits per heavy atom. The largest absolute Gasteiger partial charge is 0.504 e. The van der Waals surface area contributed by atoms with Crippen molar-refractivity contribution in [3.8, 4) is 11.5 Å². The van der Waals surface area contributed by atoms with Gasteiger partial charge in [-0.25, -0.2) is 4.39 Å². The van der Waals surface area contributed by atoms with E-state index >= 15 is 0 Å². The molecule has 3 N–H and O–H groups in total. The van der Waals surface area contributed by atoms with Crippen LogP contribution in [0.4, 0.5) is 4.39 Å². The normalized spacial score (nSPS) is 18.0. The van der Waals surface area contributed by atoms with Gasteiger partial charge in [-0.3, -0.25) is 0 Å². The number of phenolic OH excluding ortho intramolecular Hbond substituents is 1. The number of hydrogen-bond acceptors (Lipinski definition) is 3. The molecule has 0 spiro atoms. The van der Waals surface area contributed by atoms with Crippen molar-refractivity contribution in [3.63, 3.8) is 0 Å². The van der Waals surface area contributed by atoms with Crippen LogP contribution in [0.2, 0.25) is 0 Å². The first-order valence-corrected chi connectivity index (χ1v) is 6.80. The summed E-state index contributed by atoms with van der Waals surface area (Å²) in [5.41, 5.74) is 6.07. The summed E-state index contributed by atoms with van der Waals surface area (Å²) < 4.78 is 20.0. The first-order valence-electron chi connectivity index (χ1n) is 6.01. The zero-order valence-corrected chi connectivity index (χ0v) is 11.9. The minimum absolute atomic E-state index is 0.104.